The maximum atomic E-state index is 12.7. The molecule has 0 saturated carbocycles. The highest BCUT2D eigenvalue weighted by molar-refractivity contribution is 7.89. The molecular weight excluding hydrogens is 269 g/mol. The average molecular weight is 279 g/mol. The maximum absolute atomic E-state index is 12.7. The Hall–Kier alpha value is -2.28. The molecule has 0 bridgehead atoms. The van der Waals surface area contributed by atoms with Gasteiger partial charge in [0.15, 0.2) is 0 Å². The van der Waals surface area contributed by atoms with Crippen molar-refractivity contribution in [2.24, 2.45) is 5.10 Å². The number of hydrazone groups is 1. The second-order valence-corrected chi connectivity index (χ2v) is 5.25. The van der Waals surface area contributed by atoms with Crippen molar-refractivity contribution in [1.82, 2.24) is 9.82 Å². The summed E-state index contributed by atoms with van der Waals surface area (Å²) in [5, 5.41) is 3.62. The van der Waals surface area contributed by atoms with E-state index in [-0.39, 0.29) is 4.90 Å². The van der Waals surface area contributed by atoms with Crippen LogP contribution in [0.3, 0.4) is 0 Å². The second-order valence-electron chi connectivity index (χ2n) is 3.59. The molecule has 5 nitrogen and oxygen atoms in total. The Bertz CT molecular complexity index is 670. The van der Waals surface area contributed by atoms with E-state index in [1.807, 2.05) is 4.83 Å². The van der Waals surface area contributed by atoms with Gasteiger partial charge in [0.2, 0.25) is 0 Å². The van der Waals surface area contributed by atoms with Gasteiger partial charge in [0, 0.05) is 18.0 Å². The zero-order valence-electron chi connectivity index (χ0n) is 9.69. The normalized spacial score (nSPS) is 11.6. The fourth-order valence-corrected chi connectivity index (χ4v) is 2.08. The Labute approximate surface area is 109 Å². The summed E-state index contributed by atoms with van der Waals surface area (Å²) in [7, 11) is -3.78. The van der Waals surface area contributed by atoms with Crippen molar-refractivity contribution < 1.29 is 12.8 Å². The van der Waals surface area contributed by atoms with Crippen LogP contribution in [0.5, 0.6) is 0 Å². The second kappa shape index (κ2) is 5.57. The minimum Gasteiger partial charge on any atom is -0.264 e. The van der Waals surface area contributed by atoms with Gasteiger partial charge in [0.25, 0.3) is 10.0 Å². The number of nitrogens with one attached hydrogen (secondary N) is 1. The van der Waals surface area contributed by atoms with Crippen LogP contribution in [-0.2, 0) is 10.0 Å². The molecule has 2 rings (SSSR count). The molecule has 0 amide bonds. The van der Waals surface area contributed by atoms with E-state index in [0.29, 0.717) is 5.56 Å². The number of rotatable bonds is 4. The first-order chi connectivity index (χ1) is 9.08. The fourth-order valence-electron chi connectivity index (χ4n) is 1.29. The van der Waals surface area contributed by atoms with E-state index >= 15 is 0 Å². The fraction of sp³-hybridized carbons (Fsp3) is 0. The van der Waals surface area contributed by atoms with Gasteiger partial charge in [0.1, 0.15) is 5.82 Å². The predicted octanol–water partition coefficient (Wildman–Crippen LogP) is 1.53. The predicted molar refractivity (Wildman–Crippen MR) is 68.6 cm³/mol. The molecule has 1 aromatic heterocycles. The van der Waals surface area contributed by atoms with Crippen molar-refractivity contribution in [3.05, 3.63) is 60.2 Å². The van der Waals surface area contributed by atoms with E-state index in [4.69, 9.17) is 0 Å². The van der Waals surface area contributed by atoms with Crippen LogP contribution >= 0.6 is 0 Å². The SMILES string of the molecule is O=S(=O)(N/N=C/c1cccnc1)c1ccc(F)cc1. The third-order valence-corrected chi connectivity index (χ3v) is 3.43. The number of halogens is 1. The van der Waals surface area contributed by atoms with Crippen molar-refractivity contribution in [1.29, 1.82) is 0 Å². The van der Waals surface area contributed by atoms with Gasteiger partial charge < -0.3 is 0 Å². The molecule has 1 aromatic carbocycles. The molecule has 0 radical (unpaired) electrons. The van der Waals surface area contributed by atoms with E-state index in [1.165, 1.54) is 12.4 Å². The lowest BCUT2D eigenvalue weighted by Crippen LogP contribution is -2.18. The molecule has 0 aliphatic carbocycles. The number of hydrogen-bond donors (Lipinski definition) is 1. The van der Waals surface area contributed by atoms with Crippen LogP contribution in [0.4, 0.5) is 4.39 Å². The highest BCUT2D eigenvalue weighted by Gasteiger charge is 2.11. The zero-order valence-corrected chi connectivity index (χ0v) is 10.5. The molecule has 0 aliphatic rings. The van der Waals surface area contributed by atoms with Crippen LogP contribution in [0.25, 0.3) is 0 Å². The summed E-state index contributed by atoms with van der Waals surface area (Å²) in [4.78, 5) is 5.83. The standard InChI is InChI=1S/C12H10FN3O2S/c13-11-3-5-12(6-4-11)19(17,18)16-15-9-10-2-1-7-14-8-10/h1-9,16H/b15-9+. The average Bonchev–Trinajstić information content (AvgIpc) is 2.40. The van der Waals surface area contributed by atoms with Gasteiger partial charge in [-0.25, -0.2) is 9.22 Å². The molecule has 0 spiro atoms. The van der Waals surface area contributed by atoms with Gasteiger partial charge in [0.05, 0.1) is 11.1 Å². The topological polar surface area (TPSA) is 71.4 Å². The molecule has 0 aliphatic heterocycles. The van der Waals surface area contributed by atoms with E-state index in [1.54, 1.807) is 18.3 Å². The van der Waals surface area contributed by atoms with E-state index in [9.17, 15) is 12.8 Å². The Balaban J connectivity index is 2.10. The van der Waals surface area contributed by atoms with E-state index in [2.05, 4.69) is 10.1 Å². The van der Waals surface area contributed by atoms with Crippen LogP contribution < -0.4 is 4.83 Å². The summed E-state index contributed by atoms with van der Waals surface area (Å²) >= 11 is 0. The largest absolute Gasteiger partial charge is 0.276 e. The van der Waals surface area contributed by atoms with Crippen LogP contribution in [0.15, 0.2) is 58.8 Å². The van der Waals surface area contributed by atoms with Crippen LogP contribution in [0.1, 0.15) is 5.56 Å². The first-order valence-corrected chi connectivity index (χ1v) is 6.77. The van der Waals surface area contributed by atoms with Crippen molar-refractivity contribution in [2.45, 2.75) is 4.90 Å². The zero-order chi connectivity index (χ0) is 13.7. The first-order valence-electron chi connectivity index (χ1n) is 5.28. The molecule has 19 heavy (non-hydrogen) atoms. The monoisotopic (exact) mass is 279 g/mol. The van der Waals surface area contributed by atoms with Crippen molar-refractivity contribution in [3.63, 3.8) is 0 Å². The highest BCUT2D eigenvalue weighted by atomic mass is 32.2. The highest BCUT2D eigenvalue weighted by Crippen LogP contribution is 2.09. The molecule has 0 fully saturated rings. The smallest absolute Gasteiger partial charge is 0.264 e. The molecule has 0 unspecified atom stereocenters. The van der Waals surface area contributed by atoms with E-state index in [0.717, 1.165) is 24.3 Å². The Kier molecular flexibility index (Phi) is 3.86. The minimum absolute atomic E-state index is 0.0581. The third kappa shape index (κ3) is 3.59. The summed E-state index contributed by atoms with van der Waals surface area (Å²) in [6, 6.07) is 7.89. The summed E-state index contributed by atoms with van der Waals surface area (Å²) in [5.74, 6) is -0.502. The third-order valence-electron chi connectivity index (χ3n) is 2.19. The molecule has 0 atom stereocenters. The Morgan fingerprint density at radius 1 is 1.21 bits per heavy atom. The van der Waals surface area contributed by atoms with E-state index < -0.39 is 15.8 Å². The van der Waals surface area contributed by atoms with Gasteiger partial charge >= 0.3 is 0 Å². The van der Waals surface area contributed by atoms with Crippen molar-refractivity contribution in [3.8, 4) is 0 Å². The lowest BCUT2D eigenvalue weighted by molar-refractivity contribution is 0.583. The Morgan fingerprint density at radius 3 is 2.58 bits per heavy atom. The lowest BCUT2D eigenvalue weighted by atomic mass is 10.3. The van der Waals surface area contributed by atoms with Crippen LogP contribution in [0, 0.1) is 5.82 Å². The number of nitrogens with zero attached hydrogens (tertiary/aromatic N) is 2. The summed E-state index contributed by atoms with van der Waals surface area (Å²) in [6.45, 7) is 0. The molecular formula is C12H10FN3O2S. The van der Waals surface area contributed by atoms with Crippen molar-refractivity contribution >= 4 is 16.2 Å². The molecule has 1 N–H and O–H groups in total. The number of sulfonamides is 1. The minimum atomic E-state index is -3.78. The summed E-state index contributed by atoms with van der Waals surface area (Å²) in [5.41, 5.74) is 0.657. The molecule has 7 heteroatoms. The van der Waals surface area contributed by atoms with Crippen molar-refractivity contribution in [2.75, 3.05) is 0 Å². The van der Waals surface area contributed by atoms with Gasteiger partial charge in [-0.15, -0.1) is 0 Å². The number of aromatic nitrogens is 1. The number of benzene rings is 1. The van der Waals surface area contributed by atoms with Gasteiger partial charge in [-0.2, -0.15) is 13.5 Å². The quantitative estimate of drug-likeness (QED) is 0.681. The first kappa shape index (κ1) is 13.2. The number of pyridine rings is 1. The molecule has 1 heterocycles. The summed E-state index contributed by atoms with van der Waals surface area (Å²) < 4.78 is 36.2. The Morgan fingerprint density at radius 2 is 1.95 bits per heavy atom. The summed E-state index contributed by atoms with van der Waals surface area (Å²) in [6.07, 6.45) is 4.46. The molecule has 0 saturated heterocycles. The van der Waals surface area contributed by atoms with Gasteiger partial charge in [-0.3, -0.25) is 4.98 Å². The van der Waals surface area contributed by atoms with Gasteiger partial charge in [-0.05, 0) is 30.3 Å². The maximum Gasteiger partial charge on any atom is 0.276 e. The van der Waals surface area contributed by atoms with Gasteiger partial charge in [-0.1, -0.05) is 6.07 Å². The van der Waals surface area contributed by atoms with Crippen LogP contribution in [-0.4, -0.2) is 19.6 Å². The van der Waals surface area contributed by atoms with Crippen LogP contribution in [0.2, 0.25) is 0 Å². The molecule has 2 aromatic rings. The molecule has 98 valence electrons. The lowest BCUT2D eigenvalue weighted by Gasteiger charge is -2.02. The number of hydrogen-bond acceptors (Lipinski definition) is 4.